The highest BCUT2D eigenvalue weighted by atomic mass is 32.2. The van der Waals surface area contributed by atoms with Crippen LogP contribution in [0.3, 0.4) is 0 Å². The monoisotopic (exact) mass is 489 g/mol. The molecule has 2 N–H and O–H groups in total. The predicted octanol–water partition coefficient (Wildman–Crippen LogP) is 4.46. The van der Waals surface area contributed by atoms with E-state index in [0.29, 0.717) is 23.0 Å². The number of ether oxygens (including phenoxy) is 2. The second kappa shape index (κ2) is 10.9. The highest BCUT2D eigenvalue weighted by molar-refractivity contribution is 7.98. The molecule has 0 saturated heterocycles. The number of nitrogens with two attached hydrogens (primary N) is 1. The van der Waals surface area contributed by atoms with Crippen molar-refractivity contribution in [2.45, 2.75) is 43.2 Å². The van der Waals surface area contributed by atoms with Gasteiger partial charge in [0.25, 0.3) is 0 Å². The van der Waals surface area contributed by atoms with Crippen LogP contribution in [0.15, 0.2) is 58.5 Å². The van der Waals surface area contributed by atoms with Gasteiger partial charge >= 0.3 is 6.16 Å². The number of imidazole rings is 1. The third-order valence-corrected chi connectivity index (χ3v) is 6.50. The number of sulfonamides is 1. The number of thioether (sulfide) groups is 1. The number of benzene rings is 2. The fraction of sp³-hybridized carbons (Fsp3) is 0.304. The molecule has 8 nitrogen and oxygen atoms in total. The summed E-state index contributed by atoms with van der Waals surface area (Å²) in [7, 11) is -3.85. The van der Waals surface area contributed by atoms with Crippen LogP contribution in [0.1, 0.15) is 31.7 Å². The molecule has 0 radical (unpaired) electrons. The fourth-order valence-electron chi connectivity index (χ4n) is 3.42. The van der Waals surface area contributed by atoms with Gasteiger partial charge in [0, 0.05) is 12.0 Å². The van der Waals surface area contributed by atoms with Gasteiger partial charge in [-0.05, 0) is 36.8 Å². The van der Waals surface area contributed by atoms with E-state index in [1.807, 2.05) is 35.1 Å². The molecule has 3 aromatic rings. The molecular formula is C23H27N3O5S2. The van der Waals surface area contributed by atoms with E-state index >= 15 is 0 Å². The van der Waals surface area contributed by atoms with Crippen molar-refractivity contribution in [2.75, 3.05) is 12.9 Å². The molecule has 2 aromatic carbocycles. The third kappa shape index (κ3) is 5.95. The van der Waals surface area contributed by atoms with Gasteiger partial charge in [-0.2, -0.15) is 0 Å². The Labute approximate surface area is 198 Å². The zero-order valence-corrected chi connectivity index (χ0v) is 20.4. The lowest BCUT2D eigenvalue weighted by atomic mass is 10.0. The molecule has 0 amide bonds. The maximum Gasteiger partial charge on any atom is 0.515 e. The summed E-state index contributed by atoms with van der Waals surface area (Å²) < 4.78 is 36.2. The summed E-state index contributed by atoms with van der Waals surface area (Å²) in [5, 5.41) is 5.99. The van der Waals surface area contributed by atoms with Crippen LogP contribution in [0.5, 0.6) is 5.88 Å². The number of hydrogen-bond donors (Lipinski definition) is 1. The summed E-state index contributed by atoms with van der Waals surface area (Å²) in [4.78, 5) is 16.7. The summed E-state index contributed by atoms with van der Waals surface area (Å²) in [6.45, 7) is 4.41. The van der Waals surface area contributed by atoms with Gasteiger partial charge in [-0.1, -0.05) is 49.4 Å². The maximum atomic E-state index is 12.0. The first-order valence-corrected chi connectivity index (χ1v) is 13.2. The third-order valence-electron chi connectivity index (χ3n) is 4.88. The number of aryl methyl sites for hydroxylation is 1. The first-order chi connectivity index (χ1) is 15.8. The van der Waals surface area contributed by atoms with Crippen LogP contribution in [0.2, 0.25) is 0 Å². The normalized spacial score (nSPS) is 11.4. The van der Waals surface area contributed by atoms with Gasteiger partial charge in [0.2, 0.25) is 15.9 Å². The number of primary sulfonamides is 1. The van der Waals surface area contributed by atoms with Gasteiger partial charge in [0.1, 0.15) is 5.82 Å². The van der Waals surface area contributed by atoms with Crippen molar-refractivity contribution in [1.29, 1.82) is 0 Å². The van der Waals surface area contributed by atoms with Gasteiger partial charge in [0.15, 0.2) is 5.03 Å². The highest BCUT2D eigenvalue weighted by Gasteiger charge is 2.21. The molecule has 0 saturated carbocycles. The quantitative estimate of drug-likeness (QED) is 0.349. The van der Waals surface area contributed by atoms with Crippen molar-refractivity contribution in [3.63, 3.8) is 0 Å². The average Bonchev–Trinajstić information content (AvgIpc) is 3.10. The Balaban J connectivity index is 1.96. The minimum Gasteiger partial charge on any atom is -0.434 e. The molecule has 0 fully saturated rings. The largest absolute Gasteiger partial charge is 0.515 e. The first kappa shape index (κ1) is 24.8. The summed E-state index contributed by atoms with van der Waals surface area (Å²) in [5.41, 5.74) is 2.20. The Hall–Kier alpha value is -2.82. The van der Waals surface area contributed by atoms with Crippen LogP contribution in [0.4, 0.5) is 4.79 Å². The number of carbonyl (C=O) groups excluding carboxylic acids is 1. The molecule has 0 unspecified atom stereocenters. The van der Waals surface area contributed by atoms with Crippen molar-refractivity contribution in [3.8, 4) is 17.0 Å². The second-order valence-electron chi connectivity index (χ2n) is 7.20. The molecule has 1 aromatic heterocycles. The van der Waals surface area contributed by atoms with Crippen LogP contribution >= 0.6 is 11.8 Å². The molecule has 1 heterocycles. The van der Waals surface area contributed by atoms with E-state index in [-0.39, 0.29) is 11.5 Å². The Morgan fingerprint density at radius 2 is 1.82 bits per heavy atom. The van der Waals surface area contributed by atoms with Gasteiger partial charge in [-0.3, -0.25) is 4.57 Å². The molecule has 0 spiro atoms. The Kier molecular flexibility index (Phi) is 8.17. The summed E-state index contributed by atoms with van der Waals surface area (Å²) in [6, 6.07) is 14.1. The van der Waals surface area contributed by atoms with Crippen molar-refractivity contribution < 1.29 is 22.7 Å². The lowest BCUT2D eigenvalue weighted by Crippen LogP contribution is -2.15. The predicted molar refractivity (Wildman–Crippen MR) is 128 cm³/mol. The molecule has 33 heavy (non-hydrogen) atoms. The number of rotatable bonds is 9. The number of hydrogen-bond acceptors (Lipinski definition) is 7. The van der Waals surface area contributed by atoms with Crippen LogP contribution < -0.4 is 9.88 Å². The lowest BCUT2D eigenvalue weighted by molar-refractivity contribution is 0.0998. The SMILES string of the molecule is CCCc1nc(SC)c(OC(=O)OCC)n1Cc1ccc(-c2ccccc2S(N)(=O)=O)cc1. The van der Waals surface area contributed by atoms with E-state index in [2.05, 4.69) is 11.9 Å². The van der Waals surface area contributed by atoms with Crippen LogP contribution in [0.25, 0.3) is 11.1 Å². The second-order valence-corrected chi connectivity index (χ2v) is 9.53. The molecule has 176 valence electrons. The zero-order valence-electron chi connectivity index (χ0n) is 18.8. The van der Waals surface area contributed by atoms with Gasteiger partial charge in [0.05, 0.1) is 18.0 Å². The highest BCUT2D eigenvalue weighted by Crippen LogP contribution is 2.31. The van der Waals surface area contributed by atoms with Crippen molar-refractivity contribution >= 4 is 27.9 Å². The van der Waals surface area contributed by atoms with E-state index < -0.39 is 16.2 Å². The molecule has 0 bridgehead atoms. The minimum atomic E-state index is -3.85. The van der Waals surface area contributed by atoms with Crippen molar-refractivity contribution in [3.05, 3.63) is 59.9 Å². The lowest BCUT2D eigenvalue weighted by Gasteiger charge is -2.13. The van der Waals surface area contributed by atoms with Crippen molar-refractivity contribution in [1.82, 2.24) is 9.55 Å². The zero-order chi connectivity index (χ0) is 24.0. The van der Waals surface area contributed by atoms with E-state index in [9.17, 15) is 13.2 Å². The van der Waals surface area contributed by atoms with Gasteiger partial charge in [-0.25, -0.2) is 23.3 Å². The standard InChI is InChI=1S/C23H27N3O5S2/c1-4-8-20-25-21(32-3)22(31-23(27)30-5-2)26(20)15-16-11-13-17(14-12-16)18-9-6-7-10-19(18)33(24,28)29/h6-7,9-14H,4-5,8,15H2,1-3H3,(H2,24,28,29). The maximum absolute atomic E-state index is 12.0. The van der Waals surface area contributed by atoms with Crippen LogP contribution in [-0.2, 0) is 27.7 Å². The van der Waals surface area contributed by atoms with Gasteiger partial charge in [-0.15, -0.1) is 11.8 Å². The van der Waals surface area contributed by atoms with E-state index in [4.69, 9.17) is 14.6 Å². The Bertz CT molecular complexity index is 1220. The molecule has 0 atom stereocenters. The summed E-state index contributed by atoms with van der Waals surface area (Å²) in [5.74, 6) is 1.16. The molecule has 3 rings (SSSR count). The van der Waals surface area contributed by atoms with E-state index in [0.717, 1.165) is 29.8 Å². The van der Waals surface area contributed by atoms with Gasteiger partial charge < -0.3 is 9.47 Å². The van der Waals surface area contributed by atoms with Crippen LogP contribution in [0, 0.1) is 0 Å². The molecular weight excluding hydrogens is 462 g/mol. The fourth-order valence-corrected chi connectivity index (χ4v) is 4.70. The minimum absolute atomic E-state index is 0.0762. The van der Waals surface area contributed by atoms with E-state index in [1.165, 1.54) is 17.8 Å². The van der Waals surface area contributed by atoms with Crippen LogP contribution in [-0.4, -0.2) is 37.0 Å². The Morgan fingerprint density at radius 3 is 2.42 bits per heavy atom. The molecule has 0 aliphatic carbocycles. The topological polar surface area (TPSA) is 114 Å². The molecule has 10 heteroatoms. The number of carbonyl (C=O) groups is 1. The number of nitrogens with zero attached hydrogens (tertiary/aromatic N) is 2. The van der Waals surface area contributed by atoms with Crippen molar-refractivity contribution in [2.24, 2.45) is 5.14 Å². The van der Waals surface area contributed by atoms with E-state index in [1.54, 1.807) is 25.1 Å². The smallest absolute Gasteiger partial charge is 0.434 e. The summed E-state index contributed by atoms with van der Waals surface area (Å²) in [6.07, 6.45) is 2.71. The Morgan fingerprint density at radius 1 is 1.12 bits per heavy atom. The first-order valence-electron chi connectivity index (χ1n) is 10.5. The average molecular weight is 490 g/mol. The number of aromatic nitrogens is 2. The molecule has 0 aliphatic heterocycles. The molecule has 0 aliphatic rings. The summed E-state index contributed by atoms with van der Waals surface area (Å²) >= 11 is 1.40.